The molecule has 2 aromatic rings. The van der Waals surface area contributed by atoms with Crippen LogP contribution in [0.25, 0.3) is 0 Å². The van der Waals surface area contributed by atoms with Gasteiger partial charge in [-0.15, -0.1) is 0 Å². The zero-order valence-electron chi connectivity index (χ0n) is 15.2. The van der Waals surface area contributed by atoms with Gasteiger partial charge in [-0.2, -0.15) is 4.31 Å². The summed E-state index contributed by atoms with van der Waals surface area (Å²) >= 11 is 5.71. The number of rotatable bonds is 4. The number of sulfonamides is 1. The lowest BCUT2D eigenvalue weighted by Crippen LogP contribution is -2.42. The monoisotopic (exact) mass is 407 g/mol. The molecule has 2 atom stereocenters. The second kappa shape index (κ2) is 7.96. The third kappa shape index (κ3) is 4.66. The molecule has 1 aromatic carbocycles. The Morgan fingerprint density at radius 1 is 1.11 bits per heavy atom. The molecule has 6 nitrogen and oxygen atoms in total. The quantitative estimate of drug-likeness (QED) is 0.784. The lowest BCUT2D eigenvalue weighted by molar-refractivity contribution is 0.102. The van der Waals surface area contributed by atoms with E-state index in [0.29, 0.717) is 41.3 Å². The average Bonchev–Trinajstić information content (AvgIpc) is 2.62. The van der Waals surface area contributed by atoms with E-state index in [4.69, 9.17) is 11.6 Å². The number of amides is 1. The van der Waals surface area contributed by atoms with Gasteiger partial charge in [0.25, 0.3) is 5.91 Å². The fraction of sp³-hybridized carbons (Fsp3) is 0.368. The molecule has 8 heteroatoms. The summed E-state index contributed by atoms with van der Waals surface area (Å²) in [6.07, 6.45) is 2.42. The van der Waals surface area contributed by atoms with Crippen LogP contribution in [-0.4, -0.2) is 36.7 Å². The number of carbonyl (C=O) groups is 1. The minimum absolute atomic E-state index is 0.231. The van der Waals surface area contributed by atoms with Crippen molar-refractivity contribution in [3.63, 3.8) is 0 Å². The first-order valence-electron chi connectivity index (χ1n) is 8.79. The van der Waals surface area contributed by atoms with Crippen LogP contribution in [0.1, 0.15) is 30.6 Å². The second-order valence-corrected chi connectivity index (χ2v) is 9.44. The number of carbonyl (C=O) groups excluding carboxylic acids is 1. The molecule has 0 aliphatic carbocycles. The van der Waals surface area contributed by atoms with E-state index in [1.54, 1.807) is 22.5 Å². The molecule has 1 aliphatic rings. The van der Waals surface area contributed by atoms with Gasteiger partial charge in [-0.3, -0.25) is 4.79 Å². The molecule has 1 aliphatic heterocycles. The molecule has 0 unspecified atom stereocenters. The van der Waals surface area contributed by atoms with Crippen LogP contribution in [0.5, 0.6) is 0 Å². The van der Waals surface area contributed by atoms with E-state index in [-0.39, 0.29) is 10.8 Å². The standard InChI is InChI=1S/C19H22ClN3O3S/c1-13-9-14(2)12-23(11-13)27(25,26)17-6-4-16(5-7-17)22-19(24)15-3-8-18(20)21-10-15/h3-8,10,13-14H,9,11-12H2,1-2H3,(H,22,24)/t13-,14+. The lowest BCUT2D eigenvalue weighted by Gasteiger charge is -2.34. The van der Waals surface area contributed by atoms with Gasteiger partial charge >= 0.3 is 0 Å². The Labute approximate surface area is 164 Å². The Hall–Kier alpha value is -1.96. The first kappa shape index (κ1) is 19.8. The Bertz CT molecular complexity index is 904. The molecule has 2 heterocycles. The molecule has 144 valence electrons. The van der Waals surface area contributed by atoms with E-state index >= 15 is 0 Å². The molecule has 3 rings (SSSR count). The maximum Gasteiger partial charge on any atom is 0.257 e. The maximum atomic E-state index is 12.9. The number of nitrogens with one attached hydrogen (secondary N) is 1. The van der Waals surface area contributed by atoms with Crippen LogP contribution in [-0.2, 0) is 10.0 Å². The molecule has 1 amide bonds. The zero-order valence-corrected chi connectivity index (χ0v) is 16.8. The minimum Gasteiger partial charge on any atom is -0.322 e. The number of nitrogens with zero attached hydrogens (tertiary/aromatic N) is 2. The number of pyridine rings is 1. The van der Waals surface area contributed by atoms with Gasteiger partial charge in [-0.05, 0) is 54.7 Å². The van der Waals surface area contributed by atoms with Crippen LogP contribution in [0, 0.1) is 11.8 Å². The molecule has 1 saturated heterocycles. The van der Waals surface area contributed by atoms with Crippen molar-refractivity contribution in [1.29, 1.82) is 0 Å². The van der Waals surface area contributed by atoms with Gasteiger partial charge in [0, 0.05) is 25.0 Å². The summed E-state index contributed by atoms with van der Waals surface area (Å²) in [5, 5.41) is 3.03. The summed E-state index contributed by atoms with van der Waals surface area (Å²) in [6.45, 7) is 5.22. The first-order valence-corrected chi connectivity index (χ1v) is 10.6. The Morgan fingerprint density at radius 2 is 1.74 bits per heavy atom. The van der Waals surface area contributed by atoms with Gasteiger partial charge in [0.05, 0.1) is 10.5 Å². The number of anilines is 1. The summed E-state index contributed by atoms with van der Waals surface area (Å²) in [6, 6.07) is 9.33. The van der Waals surface area contributed by atoms with E-state index < -0.39 is 10.0 Å². The highest BCUT2D eigenvalue weighted by atomic mass is 35.5. The zero-order chi connectivity index (χ0) is 19.6. The molecule has 0 radical (unpaired) electrons. The number of hydrogen-bond acceptors (Lipinski definition) is 4. The predicted octanol–water partition coefficient (Wildman–Crippen LogP) is 3.65. The summed E-state index contributed by atoms with van der Waals surface area (Å²) in [4.78, 5) is 16.3. The number of hydrogen-bond donors (Lipinski definition) is 1. The van der Waals surface area contributed by atoms with Crippen LogP contribution in [0.4, 0.5) is 5.69 Å². The van der Waals surface area contributed by atoms with E-state index in [9.17, 15) is 13.2 Å². The van der Waals surface area contributed by atoms with Gasteiger partial charge < -0.3 is 5.32 Å². The number of halogens is 1. The van der Waals surface area contributed by atoms with Crippen molar-refractivity contribution in [3.8, 4) is 0 Å². The third-order valence-electron chi connectivity index (χ3n) is 4.57. The number of aromatic nitrogens is 1. The van der Waals surface area contributed by atoms with Crippen LogP contribution >= 0.6 is 11.6 Å². The highest BCUT2D eigenvalue weighted by Crippen LogP contribution is 2.27. The molecule has 27 heavy (non-hydrogen) atoms. The van der Waals surface area contributed by atoms with E-state index in [1.165, 1.54) is 24.4 Å². The first-order chi connectivity index (χ1) is 12.8. The van der Waals surface area contributed by atoms with Gasteiger partial charge in [-0.1, -0.05) is 25.4 Å². The van der Waals surface area contributed by atoms with E-state index in [2.05, 4.69) is 24.1 Å². The van der Waals surface area contributed by atoms with Gasteiger partial charge in [-0.25, -0.2) is 13.4 Å². The molecule has 1 fully saturated rings. The fourth-order valence-electron chi connectivity index (χ4n) is 3.37. The van der Waals surface area contributed by atoms with E-state index in [0.717, 1.165) is 6.42 Å². The van der Waals surface area contributed by atoms with Crippen molar-refractivity contribution in [2.75, 3.05) is 18.4 Å². The maximum absolute atomic E-state index is 12.9. The lowest BCUT2D eigenvalue weighted by atomic mass is 9.94. The van der Waals surface area contributed by atoms with Crippen LogP contribution < -0.4 is 5.32 Å². The average molecular weight is 408 g/mol. The molecular weight excluding hydrogens is 386 g/mol. The van der Waals surface area contributed by atoms with Crippen LogP contribution in [0.3, 0.4) is 0 Å². The van der Waals surface area contributed by atoms with Gasteiger partial charge in [0.15, 0.2) is 0 Å². The SMILES string of the molecule is C[C@@H]1C[C@H](C)CN(S(=O)(=O)c2ccc(NC(=O)c3ccc(Cl)nc3)cc2)C1. The van der Waals surface area contributed by atoms with Crippen LogP contribution in [0.2, 0.25) is 5.15 Å². The van der Waals surface area contributed by atoms with Crippen molar-refractivity contribution in [2.24, 2.45) is 11.8 Å². The Balaban J connectivity index is 1.72. The van der Waals surface area contributed by atoms with Crippen LogP contribution in [0.15, 0.2) is 47.5 Å². The Morgan fingerprint density at radius 3 is 2.30 bits per heavy atom. The summed E-state index contributed by atoms with van der Waals surface area (Å²) < 4.78 is 27.3. The molecule has 1 N–H and O–H groups in total. The fourth-order valence-corrected chi connectivity index (χ4v) is 5.17. The van der Waals surface area contributed by atoms with Crippen molar-refractivity contribution >= 4 is 33.2 Å². The topological polar surface area (TPSA) is 79.4 Å². The Kier molecular flexibility index (Phi) is 5.83. The number of piperidine rings is 1. The summed E-state index contributed by atoms with van der Waals surface area (Å²) in [7, 11) is -3.53. The molecule has 0 spiro atoms. The molecular formula is C19H22ClN3O3S. The van der Waals surface area contributed by atoms with Crippen molar-refractivity contribution in [2.45, 2.75) is 25.2 Å². The van der Waals surface area contributed by atoms with Gasteiger partial charge in [0.2, 0.25) is 10.0 Å². The third-order valence-corrected chi connectivity index (χ3v) is 6.64. The van der Waals surface area contributed by atoms with E-state index in [1.807, 2.05) is 0 Å². The molecule has 1 aromatic heterocycles. The van der Waals surface area contributed by atoms with Crippen molar-refractivity contribution < 1.29 is 13.2 Å². The normalized spacial score (nSPS) is 21.0. The largest absolute Gasteiger partial charge is 0.322 e. The van der Waals surface area contributed by atoms with Crippen molar-refractivity contribution in [3.05, 3.63) is 53.3 Å². The smallest absolute Gasteiger partial charge is 0.257 e. The minimum atomic E-state index is -3.53. The summed E-state index contributed by atoms with van der Waals surface area (Å²) in [5.41, 5.74) is 0.877. The summed E-state index contributed by atoms with van der Waals surface area (Å²) in [5.74, 6) is 0.346. The highest BCUT2D eigenvalue weighted by Gasteiger charge is 2.31. The molecule has 0 saturated carbocycles. The number of benzene rings is 1. The predicted molar refractivity (Wildman–Crippen MR) is 105 cm³/mol. The second-order valence-electron chi connectivity index (χ2n) is 7.12. The van der Waals surface area contributed by atoms with Gasteiger partial charge in [0.1, 0.15) is 5.15 Å². The highest BCUT2D eigenvalue weighted by molar-refractivity contribution is 7.89. The van der Waals surface area contributed by atoms with Crippen molar-refractivity contribution in [1.82, 2.24) is 9.29 Å². The molecule has 0 bridgehead atoms.